The topological polar surface area (TPSA) is 64.8 Å². The third-order valence-electron chi connectivity index (χ3n) is 6.30. The predicted octanol–water partition coefficient (Wildman–Crippen LogP) is 4.00. The maximum Gasteiger partial charge on any atom is 0.494 e. The van der Waals surface area contributed by atoms with Gasteiger partial charge in [0.05, 0.1) is 16.7 Å². The second kappa shape index (κ2) is 6.92. The summed E-state index contributed by atoms with van der Waals surface area (Å²) in [5, 5.41) is 9.73. The zero-order chi connectivity index (χ0) is 22.0. The lowest BCUT2D eigenvalue weighted by atomic mass is 9.79. The van der Waals surface area contributed by atoms with E-state index in [1.807, 2.05) is 52.7 Å². The molecule has 0 aliphatic carbocycles. The molecule has 2 aromatic heterocycles. The van der Waals surface area contributed by atoms with Gasteiger partial charge < -0.3 is 14.2 Å². The molecule has 0 bridgehead atoms. The van der Waals surface area contributed by atoms with E-state index in [0.29, 0.717) is 10.8 Å². The van der Waals surface area contributed by atoms with E-state index in [4.69, 9.17) is 25.9 Å². The Morgan fingerprint density at radius 1 is 1.03 bits per heavy atom. The van der Waals surface area contributed by atoms with Crippen LogP contribution in [-0.2, 0) is 9.31 Å². The summed E-state index contributed by atoms with van der Waals surface area (Å²) in [6, 6.07) is 13.8. The highest BCUT2D eigenvalue weighted by atomic mass is 35.5. The van der Waals surface area contributed by atoms with E-state index >= 15 is 0 Å². The van der Waals surface area contributed by atoms with Crippen LogP contribution in [0.25, 0.3) is 16.7 Å². The average molecular weight is 436 g/mol. The van der Waals surface area contributed by atoms with Gasteiger partial charge >= 0.3 is 7.12 Å². The lowest BCUT2D eigenvalue weighted by molar-refractivity contribution is 0.00578. The highest BCUT2D eigenvalue weighted by Gasteiger charge is 2.51. The third-order valence-corrected chi connectivity index (χ3v) is 6.53. The van der Waals surface area contributed by atoms with Gasteiger partial charge in [-0.1, -0.05) is 23.7 Å². The molecule has 0 amide bonds. The Morgan fingerprint density at radius 2 is 1.77 bits per heavy atom. The van der Waals surface area contributed by atoms with Crippen molar-refractivity contribution in [1.82, 2.24) is 19.6 Å². The predicted molar refractivity (Wildman–Crippen MR) is 124 cm³/mol. The minimum absolute atomic E-state index is 0.394. The van der Waals surface area contributed by atoms with Crippen LogP contribution in [0.5, 0.6) is 0 Å². The molecule has 5 rings (SSSR count). The molecule has 0 saturated carbocycles. The Balaban J connectivity index is 1.58. The first-order valence-corrected chi connectivity index (χ1v) is 10.5. The first-order valence-electron chi connectivity index (χ1n) is 10.1. The van der Waals surface area contributed by atoms with Crippen LogP contribution in [0.15, 0.2) is 48.8 Å². The highest BCUT2D eigenvalue weighted by molar-refractivity contribution is 6.62. The number of halogens is 1. The lowest BCUT2D eigenvalue weighted by Gasteiger charge is -2.32. The van der Waals surface area contributed by atoms with E-state index in [-0.39, 0.29) is 0 Å². The molecule has 0 N–H and O–H groups in total. The third kappa shape index (κ3) is 3.26. The summed E-state index contributed by atoms with van der Waals surface area (Å²) < 4.78 is 14.3. The summed E-state index contributed by atoms with van der Waals surface area (Å²) in [5.41, 5.74) is 2.02. The quantitative estimate of drug-likeness (QED) is 0.453. The van der Waals surface area contributed by atoms with E-state index in [2.05, 4.69) is 44.0 Å². The maximum absolute atomic E-state index is 6.26. The minimum Gasteiger partial charge on any atom is -0.399 e. The van der Waals surface area contributed by atoms with Crippen molar-refractivity contribution in [3.8, 4) is 0 Å². The number of aromatic nitrogens is 4. The fourth-order valence-corrected chi connectivity index (χ4v) is 3.93. The molecule has 0 atom stereocenters. The number of hydrogen-bond donors (Lipinski definition) is 0. The van der Waals surface area contributed by atoms with Crippen molar-refractivity contribution in [3.63, 3.8) is 0 Å². The summed E-state index contributed by atoms with van der Waals surface area (Å²) >= 11 is 6.26. The van der Waals surface area contributed by atoms with E-state index in [1.165, 1.54) is 0 Å². The van der Waals surface area contributed by atoms with Crippen molar-refractivity contribution in [2.45, 2.75) is 38.9 Å². The Labute approximate surface area is 186 Å². The monoisotopic (exact) mass is 435 g/mol. The first kappa shape index (κ1) is 20.2. The molecule has 1 saturated heterocycles. The maximum atomic E-state index is 6.26. The van der Waals surface area contributed by atoms with Crippen molar-refractivity contribution in [2.75, 3.05) is 11.9 Å². The van der Waals surface area contributed by atoms with E-state index in [1.54, 1.807) is 6.33 Å². The van der Waals surface area contributed by atoms with Crippen LogP contribution in [-0.4, -0.2) is 45.0 Å². The Hall–Kier alpha value is -2.68. The molecule has 0 radical (unpaired) electrons. The fraction of sp³-hybridized carbons (Fsp3) is 0.318. The van der Waals surface area contributed by atoms with Crippen molar-refractivity contribution in [3.05, 3.63) is 53.8 Å². The molecule has 1 aliphatic heterocycles. The molecule has 3 heterocycles. The number of anilines is 2. The summed E-state index contributed by atoms with van der Waals surface area (Å²) in [6.07, 6.45) is 1.64. The van der Waals surface area contributed by atoms with Crippen molar-refractivity contribution < 1.29 is 9.31 Å². The molecule has 9 heteroatoms. The molecular formula is C22H23BClN5O2. The van der Waals surface area contributed by atoms with Gasteiger partial charge in [-0.05, 0) is 63.5 Å². The molecule has 4 aromatic rings. The van der Waals surface area contributed by atoms with Crippen LogP contribution in [0, 0.1) is 0 Å². The van der Waals surface area contributed by atoms with E-state index < -0.39 is 18.3 Å². The summed E-state index contributed by atoms with van der Waals surface area (Å²) in [6.45, 7) is 8.21. The van der Waals surface area contributed by atoms with E-state index in [0.717, 1.165) is 27.9 Å². The molecule has 0 spiro atoms. The molecule has 7 nitrogen and oxygen atoms in total. The average Bonchev–Trinajstić information content (AvgIpc) is 3.28. The first-order chi connectivity index (χ1) is 14.7. The SMILES string of the molecule is CN(c1cccc(B2OC(C)(C)C(C)(C)O2)c1)c1nc2nncn2c2cc(Cl)ccc12. The lowest BCUT2D eigenvalue weighted by Crippen LogP contribution is -2.41. The number of nitrogens with zero attached hydrogens (tertiary/aromatic N) is 5. The second-order valence-electron chi connectivity index (χ2n) is 8.84. The van der Waals surface area contributed by atoms with Crippen LogP contribution in [0.3, 0.4) is 0 Å². The van der Waals surface area contributed by atoms with Gasteiger partial charge in [-0.2, -0.15) is 4.98 Å². The van der Waals surface area contributed by atoms with Crippen molar-refractivity contribution in [2.24, 2.45) is 0 Å². The highest BCUT2D eigenvalue weighted by Crippen LogP contribution is 2.37. The van der Waals surface area contributed by atoms with Gasteiger partial charge in [0.2, 0.25) is 0 Å². The van der Waals surface area contributed by atoms with E-state index in [9.17, 15) is 0 Å². The molecule has 31 heavy (non-hydrogen) atoms. The van der Waals surface area contributed by atoms with Gasteiger partial charge in [0.1, 0.15) is 12.1 Å². The Morgan fingerprint density at radius 3 is 2.52 bits per heavy atom. The van der Waals surface area contributed by atoms with Crippen molar-refractivity contribution in [1.29, 1.82) is 0 Å². The van der Waals surface area contributed by atoms with Crippen LogP contribution in [0.1, 0.15) is 27.7 Å². The van der Waals surface area contributed by atoms with Crippen LogP contribution in [0.4, 0.5) is 11.5 Å². The molecule has 2 aromatic carbocycles. The van der Waals surface area contributed by atoms with Crippen LogP contribution < -0.4 is 10.4 Å². The van der Waals surface area contributed by atoms with Gasteiger partial charge in [0.25, 0.3) is 5.78 Å². The fourth-order valence-electron chi connectivity index (χ4n) is 3.76. The van der Waals surface area contributed by atoms with Gasteiger partial charge in [0.15, 0.2) is 0 Å². The standard InChI is InChI=1S/C22H23BClN5O2/c1-21(2)22(3,4)31-23(30-21)14-7-6-8-16(11-14)28(5)19-17-10-9-15(24)12-18(17)29-13-25-27-20(29)26-19/h6-13H,1-5H3. The van der Waals surface area contributed by atoms with Gasteiger partial charge in [-0.25, -0.2) is 0 Å². The van der Waals surface area contributed by atoms with Crippen molar-refractivity contribution >= 4 is 52.4 Å². The number of rotatable bonds is 3. The van der Waals surface area contributed by atoms with Gasteiger partial charge in [0, 0.05) is 23.1 Å². The van der Waals surface area contributed by atoms with Crippen LogP contribution >= 0.6 is 11.6 Å². The minimum atomic E-state index is -0.430. The summed E-state index contributed by atoms with van der Waals surface area (Å²) in [4.78, 5) is 6.78. The number of fused-ring (bicyclic) bond motifs is 3. The molecule has 1 fully saturated rings. The summed E-state index contributed by atoms with van der Waals surface area (Å²) in [7, 11) is 1.55. The molecule has 0 unspecified atom stereocenters. The van der Waals surface area contributed by atoms with Gasteiger partial charge in [-0.3, -0.25) is 4.40 Å². The molecule has 1 aliphatic rings. The second-order valence-corrected chi connectivity index (χ2v) is 9.28. The van der Waals surface area contributed by atoms with Gasteiger partial charge in [-0.15, -0.1) is 10.2 Å². The zero-order valence-electron chi connectivity index (χ0n) is 18.1. The Bertz CT molecular complexity index is 1290. The zero-order valence-corrected chi connectivity index (χ0v) is 18.9. The largest absolute Gasteiger partial charge is 0.494 e. The molecular weight excluding hydrogens is 413 g/mol. The number of benzene rings is 2. The smallest absolute Gasteiger partial charge is 0.399 e. The number of hydrogen-bond acceptors (Lipinski definition) is 6. The Kier molecular flexibility index (Phi) is 4.52. The van der Waals surface area contributed by atoms with Crippen LogP contribution in [0.2, 0.25) is 5.02 Å². The normalized spacial score (nSPS) is 17.5. The summed E-state index contributed by atoms with van der Waals surface area (Å²) in [5.74, 6) is 1.27. The molecule has 158 valence electrons.